The lowest BCUT2D eigenvalue weighted by Gasteiger charge is -2.33. The van der Waals surface area contributed by atoms with Crippen molar-refractivity contribution < 1.29 is 18.7 Å². The molecule has 112 valence electrons. The van der Waals surface area contributed by atoms with Crippen LogP contribution in [0.3, 0.4) is 0 Å². The molecule has 0 saturated carbocycles. The molecule has 1 aliphatic heterocycles. The van der Waals surface area contributed by atoms with Crippen LogP contribution >= 0.6 is 0 Å². The second kappa shape index (κ2) is 5.15. The molecule has 2 aromatic rings. The predicted molar refractivity (Wildman–Crippen MR) is 76.6 cm³/mol. The number of rotatable bonds is 1. The molecule has 0 aliphatic carbocycles. The Hall–Kier alpha value is -1.88. The lowest BCUT2D eigenvalue weighted by Crippen LogP contribution is -2.45. The van der Waals surface area contributed by atoms with Crippen LogP contribution in [0, 0.1) is 18.7 Å². The van der Waals surface area contributed by atoms with Crippen molar-refractivity contribution in [3.05, 3.63) is 35.3 Å². The zero-order chi connectivity index (χ0) is 15.1. The lowest BCUT2D eigenvalue weighted by atomic mass is 9.96. The summed E-state index contributed by atoms with van der Waals surface area (Å²) in [4.78, 5) is 14.1. The monoisotopic (exact) mass is 291 g/mol. The minimum Gasteiger partial charge on any atom is -0.448 e. The number of carbonyl (C=O) groups is 1. The third kappa shape index (κ3) is 2.31. The van der Waals surface area contributed by atoms with Crippen molar-refractivity contribution in [2.75, 3.05) is 13.1 Å². The summed E-state index contributed by atoms with van der Waals surface area (Å²) in [5, 5.41) is 10.5. The van der Waals surface area contributed by atoms with E-state index in [1.165, 1.54) is 6.07 Å². The van der Waals surface area contributed by atoms with Crippen LogP contribution in [0.15, 0.2) is 22.6 Å². The molecule has 3 rings (SSSR count). The topological polar surface area (TPSA) is 53.7 Å². The number of nitrogens with zero attached hydrogens (tertiary/aromatic N) is 1. The fraction of sp³-hybridized carbons (Fsp3) is 0.438. The Morgan fingerprint density at radius 2 is 2.24 bits per heavy atom. The molecule has 1 N–H and O–H groups in total. The smallest absolute Gasteiger partial charge is 0.289 e. The predicted octanol–water partition coefficient (Wildman–Crippen LogP) is 2.72. The van der Waals surface area contributed by atoms with E-state index in [0.717, 1.165) is 6.42 Å². The summed E-state index contributed by atoms with van der Waals surface area (Å²) in [5.74, 6) is -0.406. The van der Waals surface area contributed by atoms with Gasteiger partial charge in [0.2, 0.25) is 0 Å². The van der Waals surface area contributed by atoms with Crippen molar-refractivity contribution >= 4 is 16.9 Å². The largest absolute Gasteiger partial charge is 0.448 e. The molecule has 2 unspecified atom stereocenters. The lowest BCUT2D eigenvalue weighted by molar-refractivity contribution is 0.0231. The summed E-state index contributed by atoms with van der Waals surface area (Å²) < 4.78 is 19.2. The second-order valence-electron chi connectivity index (χ2n) is 5.76. The van der Waals surface area contributed by atoms with Gasteiger partial charge in [0.15, 0.2) is 17.2 Å². The van der Waals surface area contributed by atoms with Crippen LogP contribution in [0.4, 0.5) is 4.39 Å². The average molecular weight is 291 g/mol. The number of aliphatic hydroxyl groups is 1. The molecule has 1 aromatic carbocycles. The van der Waals surface area contributed by atoms with Crippen LogP contribution in [0.2, 0.25) is 0 Å². The molecule has 0 spiro atoms. The van der Waals surface area contributed by atoms with Crippen LogP contribution in [-0.2, 0) is 0 Å². The number of aliphatic hydroxyl groups excluding tert-OH is 1. The zero-order valence-corrected chi connectivity index (χ0v) is 12.1. The summed E-state index contributed by atoms with van der Waals surface area (Å²) in [7, 11) is 0. The molecule has 0 radical (unpaired) electrons. The Morgan fingerprint density at radius 3 is 2.90 bits per heavy atom. The first-order valence-corrected chi connectivity index (χ1v) is 7.14. The Morgan fingerprint density at radius 1 is 1.48 bits per heavy atom. The summed E-state index contributed by atoms with van der Waals surface area (Å²) in [5.41, 5.74) is 0.756. The molecule has 2 atom stereocenters. The maximum atomic E-state index is 13.7. The maximum Gasteiger partial charge on any atom is 0.289 e. The third-order valence-corrected chi connectivity index (χ3v) is 4.32. The standard InChI is InChI=1S/C16H18FNO3/c1-9-6-7-18(8-13(9)19)16(20)14-10(2)11-4-3-5-12(17)15(11)21-14/h3-5,9,13,19H,6-8H2,1-2H3. The van der Waals surface area contributed by atoms with Gasteiger partial charge in [-0.05, 0) is 25.3 Å². The number of para-hydroxylation sites is 1. The molecule has 5 heteroatoms. The molecular weight excluding hydrogens is 273 g/mol. The van der Waals surface area contributed by atoms with Gasteiger partial charge < -0.3 is 14.4 Å². The van der Waals surface area contributed by atoms with E-state index in [0.29, 0.717) is 24.0 Å². The van der Waals surface area contributed by atoms with Crippen LogP contribution in [-0.4, -0.2) is 35.1 Å². The van der Waals surface area contributed by atoms with Gasteiger partial charge in [-0.15, -0.1) is 0 Å². The number of piperidine rings is 1. The molecule has 1 amide bonds. The fourth-order valence-electron chi connectivity index (χ4n) is 2.79. The highest BCUT2D eigenvalue weighted by Gasteiger charge is 2.30. The molecule has 0 bridgehead atoms. The average Bonchev–Trinajstić information content (AvgIpc) is 2.80. The van der Waals surface area contributed by atoms with E-state index in [-0.39, 0.29) is 23.2 Å². The molecule has 4 nitrogen and oxygen atoms in total. The number of fused-ring (bicyclic) bond motifs is 1. The van der Waals surface area contributed by atoms with Crippen LogP contribution < -0.4 is 0 Å². The van der Waals surface area contributed by atoms with Gasteiger partial charge in [0.1, 0.15) is 0 Å². The summed E-state index contributed by atoms with van der Waals surface area (Å²) in [6, 6.07) is 4.65. The molecule has 2 heterocycles. The number of β-amino-alcohol motifs (C(OH)–C–C–N with tert-alkyl or cyclic N) is 1. The zero-order valence-electron chi connectivity index (χ0n) is 12.1. The SMILES string of the molecule is Cc1c(C(=O)N2CCC(C)C(O)C2)oc2c(F)cccc12. The van der Waals surface area contributed by atoms with E-state index >= 15 is 0 Å². The van der Waals surface area contributed by atoms with Gasteiger partial charge in [-0.3, -0.25) is 4.79 Å². The Labute approximate surface area is 122 Å². The van der Waals surface area contributed by atoms with Gasteiger partial charge in [-0.2, -0.15) is 0 Å². The highest BCUT2D eigenvalue weighted by molar-refractivity contribution is 5.99. The second-order valence-corrected chi connectivity index (χ2v) is 5.76. The quantitative estimate of drug-likeness (QED) is 0.879. The minimum absolute atomic E-state index is 0.115. The third-order valence-electron chi connectivity index (χ3n) is 4.32. The molecular formula is C16H18FNO3. The Bertz CT molecular complexity index is 694. The maximum absolute atomic E-state index is 13.7. The van der Waals surface area contributed by atoms with Crippen molar-refractivity contribution in [2.45, 2.75) is 26.4 Å². The highest BCUT2D eigenvalue weighted by Crippen LogP contribution is 2.29. The van der Waals surface area contributed by atoms with Gasteiger partial charge in [-0.1, -0.05) is 19.1 Å². The van der Waals surface area contributed by atoms with Gasteiger partial charge in [-0.25, -0.2) is 4.39 Å². The van der Waals surface area contributed by atoms with E-state index in [2.05, 4.69) is 0 Å². The molecule has 21 heavy (non-hydrogen) atoms. The minimum atomic E-state index is -0.524. The summed E-state index contributed by atoms with van der Waals surface area (Å²) in [6.07, 6.45) is 0.227. The Kier molecular flexibility index (Phi) is 3.45. The summed E-state index contributed by atoms with van der Waals surface area (Å²) in [6.45, 7) is 4.59. The van der Waals surface area contributed by atoms with E-state index < -0.39 is 11.9 Å². The number of hydrogen-bond donors (Lipinski definition) is 1. The van der Waals surface area contributed by atoms with Crippen LogP contribution in [0.25, 0.3) is 11.0 Å². The number of likely N-dealkylation sites (tertiary alicyclic amines) is 1. The number of furan rings is 1. The van der Waals surface area contributed by atoms with Gasteiger partial charge >= 0.3 is 0 Å². The van der Waals surface area contributed by atoms with Crippen molar-refractivity contribution in [1.29, 1.82) is 0 Å². The number of aryl methyl sites for hydroxylation is 1. The van der Waals surface area contributed by atoms with Crippen molar-refractivity contribution in [1.82, 2.24) is 4.90 Å². The van der Waals surface area contributed by atoms with E-state index in [4.69, 9.17) is 4.42 Å². The Balaban J connectivity index is 1.95. The van der Waals surface area contributed by atoms with Crippen molar-refractivity contribution in [3.63, 3.8) is 0 Å². The molecule has 1 aliphatic rings. The van der Waals surface area contributed by atoms with E-state index in [9.17, 15) is 14.3 Å². The van der Waals surface area contributed by atoms with Gasteiger partial charge in [0, 0.05) is 24.0 Å². The molecule has 1 fully saturated rings. The fourth-order valence-corrected chi connectivity index (χ4v) is 2.79. The van der Waals surface area contributed by atoms with Crippen LogP contribution in [0.1, 0.15) is 29.5 Å². The number of halogens is 1. The number of hydrogen-bond acceptors (Lipinski definition) is 3. The highest BCUT2D eigenvalue weighted by atomic mass is 19.1. The number of benzene rings is 1. The molecule has 1 saturated heterocycles. The normalized spacial score (nSPS) is 22.8. The summed E-state index contributed by atoms with van der Waals surface area (Å²) >= 11 is 0. The number of amides is 1. The van der Waals surface area contributed by atoms with Gasteiger partial charge in [0.05, 0.1) is 6.10 Å². The van der Waals surface area contributed by atoms with Gasteiger partial charge in [0.25, 0.3) is 5.91 Å². The van der Waals surface area contributed by atoms with Crippen molar-refractivity contribution in [2.24, 2.45) is 5.92 Å². The first-order valence-electron chi connectivity index (χ1n) is 7.14. The van der Waals surface area contributed by atoms with E-state index in [1.54, 1.807) is 24.0 Å². The first kappa shape index (κ1) is 14.1. The van der Waals surface area contributed by atoms with E-state index in [1.807, 2.05) is 6.92 Å². The molecule has 1 aromatic heterocycles. The first-order chi connectivity index (χ1) is 9.99. The van der Waals surface area contributed by atoms with Crippen LogP contribution in [0.5, 0.6) is 0 Å². The number of carbonyl (C=O) groups excluding carboxylic acids is 1. The van der Waals surface area contributed by atoms with Crippen molar-refractivity contribution in [3.8, 4) is 0 Å².